The second-order valence-electron chi connectivity index (χ2n) is 1.84. The van der Waals surface area contributed by atoms with Gasteiger partial charge in [0, 0.05) is 17.8 Å². The largest absolute Gasteiger partial charge is 0.316 e. The van der Waals surface area contributed by atoms with E-state index in [1.54, 1.807) is 5.41 Å². The molecule has 0 fully saturated rings. The van der Waals surface area contributed by atoms with E-state index in [1.165, 1.54) is 0 Å². The first-order valence-electron chi connectivity index (χ1n) is 2.64. The number of aromatic nitrogens is 1. The van der Waals surface area contributed by atoms with Crippen molar-refractivity contribution in [2.24, 2.45) is 0 Å². The Balaban J connectivity index is 2.73. The quantitative estimate of drug-likeness (QED) is 0.526. The fourth-order valence-corrected chi connectivity index (χ4v) is 1.79. The van der Waals surface area contributed by atoms with Crippen LogP contribution in [0.3, 0.4) is 0 Å². The van der Waals surface area contributed by atoms with Crippen LogP contribution < -0.4 is 0 Å². The van der Waals surface area contributed by atoms with Gasteiger partial charge < -0.3 is 4.57 Å². The van der Waals surface area contributed by atoms with Crippen molar-refractivity contribution in [2.45, 2.75) is 5.03 Å². The Morgan fingerprint density at radius 3 is 3.22 bits per heavy atom. The zero-order valence-electron chi connectivity index (χ0n) is 4.65. The monoisotopic (exact) mass is 139 g/mol. The first-order chi connectivity index (χ1) is 4.38. The van der Waals surface area contributed by atoms with E-state index in [1.807, 2.05) is 29.1 Å². The minimum atomic E-state index is -0.884. The summed E-state index contributed by atoms with van der Waals surface area (Å²) in [6.45, 7) is 0. The maximum Gasteiger partial charge on any atom is 0.115 e. The molecule has 0 bridgehead atoms. The van der Waals surface area contributed by atoms with Crippen molar-refractivity contribution in [1.82, 2.24) is 4.57 Å². The van der Waals surface area contributed by atoms with Gasteiger partial charge in [-0.2, -0.15) is 0 Å². The molecule has 1 aliphatic heterocycles. The number of hydrogen-bond donors (Lipinski definition) is 0. The van der Waals surface area contributed by atoms with Crippen LogP contribution in [0, 0.1) is 0 Å². The van der Waals surface area contributed by atoms with Crippen LogP contribution in [0.1, 0.15) is 0 Å². The molecular weight excluding hydrogens is 134 g/mol. The summed E-state index contributed by atoms with van der Waals surface area (Å²) in [5.41, 5.74) is 0. The second kappa shape index (κ2) is 1.57. The second-order valence-corrected chi connectivity index (χ2v) is 3.12. The first-order valence-corrected chi connectivity index (χ1v) is 3.85. The lowest BCUT2D eigenvalue weighted by molar-refractivity contribution is 0.686. The maximum atomic E-state index is 10.9. The van der Waals surface area contributed by atoms with Gasteiger partial charge in [0.25, 0.3) is 0 Å². The van der Waals surface area contributed by atoms with E-state index in [-0.39, 0.29) is 0 Å². The highest BCUT2D eigenvalue weighted by molar-refractivity contribution is 7.88. The summed E-state index contributed by atoms with van der Waals surface area (Å²) in [5.74, 6) is 0. The molecule has 2 heterocycles. The zero-order valence-corrected chi connectivity index (χ0v) is 5.47. The third-order valence-electron chi connectivity index (χ3n) is 1.29. The molecule has 1 atom stereocenters. The van der Waals surface area contributed by atoms with Gasteiger partial charge in [-0.05, 0) is 12.1 Å². The van der Waals surface area contributed by atoms with Gasteiger partial charge >= 0.3 is 0 Å². The lowest BCUT2D eigenvalue weighted by Gasteiger charge is -1.87. The average Bonchev–Trinajstić information content (AvgIpc) is 2.35. The smallest absolute Gasteiger partial charge is 0.115 e. The van der Waals surface area contributed by atoms with Gasteiger partial charge in [-0.15, -0.1) is 0 Å². The SMILES string of the molecule is O=S1C=Cn2cccc21. The van der Waals surface area contributed by atoms with Crippen molar-refractivity contribution in [3.8, 4) is 0 Å². The van der Waals surface area contributed by atoms with Crippen molar-refractivity contribution in [3.63, 3.8) is 0 Å². The Kier molecular flexibility index (Phi) is 0.873. The fourth-order valence-electron chi connectivity index (χ4n) is 0.862. The van der Waals surface area contributed by atoms with Crippen molar-refractivity contribution in [3.05, 3.63) is 23.7 Å². The Morgan fingerprint density at radius 2 is 2.44 bits per heavy atom. The molecule has 1 unspecified atom stereocenters. The predicted molar refractivity (Wildman–Crippen MR) is 36.2 cm³/mol. The van der Waals surface area contributed by atoms with Crippen LogP contribution >= 0.6 is 0 Å². The van der Waals surface area contributed by atoms with Crippen molar-refractivity contribution in [1.29, 1.82) is 0 Å². The van der Waals surface area contributed by atoms with Crippen LogP contribution in [0.4, 0.5) is 0 Å². The Bertz CT molecular complexity index is 287. The van der Waals surface area contributed by atoms with E-state index < -0.39 is 10.8 Å². The lowest BCUT2D eigenvalue weighted by atomic mass is 10.7. The molecule has 46 valence electrons. The number of fused-ring (bicyclic) bond motifs is 1. The molecule has 0 amide bonds. The van der Waals surface area contributed by atoms with Gasteiger partial charge in [0.2, 0.25) is 0 Å². The van der Waals surface area contributed by atoms with E-state index in [2.05, 4.69) is 0 Å². The molecular formula is C6H5NOS. The fraction of sp³-hybridized carbons (Fsp3) is 0. The number of rotatable bonds is 0. The third kappa shape index (κ3) is 0.580. The Morgan fingerprint density at radius 1 is 1.56 bits per heavy atom. The number of hydrogen-bond acceptors (Lipinski definition) is 1. The molecule has 9 heavy (non-hydrogen) atoms. The molecule has 0 aromatic carbocycles. The van der Waals surface area contributed by atoms with Crippen LogP contribution in [0.2, 0.25) is 0 Å². The highest BCUT2D eigenvalue weighted by atomic mass is 32.2. The zero-order chi connectivity index (χ0) is 6.27. The molecule has 0 aliphatic carbocycles. The predicted octanol–water partition coefficient (Wildman–Crippen LogP) is 1.04. The van der Waals surface area contributed by atoms with Gasteiger partial charge in [0.1, 0.15) is 5.03 Å². The summed E-state index contributed by atoms with van der Waals surface area (Å²) in [7, 11) is -0.884. The van der Waals surface area contributed by atoms with Crippen molar-refractivity contribution >= 4 is 17.0 Å². The van der Waals surface area contributed by atoms with Gasteiger partial charge in [0.05, 0.1) is 10.8 Å². The summed E-state index contributed by atoms with van der Waals surface area (Å²) in [6.07, 6.45) is 3.70. The molecule has 2 nitrogen and oxygen atoms in total. The average molecular weight is 139 g/mol. The summed E-state index contributed by atoms with van der Waals surface area (Å²) in [4.78, 5) is 0. The lowest BCUT2D eigenvalue weighted by Crippen LogP contribution is -1.84. The summed E-state index contributed by atoms with van der Waals surface area (Å²) < 4.78 is 12.8. The molecule has 0 spiro atoms. The molecule has 3 heteroatoms. The topological polar surface area (TPSA) is 22.0 Å². The summed E-state index contributed by atoms with van der Waals surface area (Å²) in [5, 5.41) is 2.55. The molecule has 1 aliphatic rings. The van der Waals surface area contributed by atoms with Crippen LogP contribution in [0.25, 0.3) is 6.20 Å². The summed E-state index contributed by atoms with van der Waals surface area (Å²) in [6, 6.07) is 3.74. The van der Waals surface area contributed by atoms with E-state index in [9.17, 15) is 4.21 Å². The van der Waals surface area contributed by atoms with Crippen LogP contribution in [0.15, 0.2) is 28.8 Å². The van der Waals surface area contributed by atoms with Crippen LogP contribution in [0.5, 0.6) is 0 Å². The van der Waals surface area contributed by atoms with E-state index >= 15 is 0 Å². The van der Waals surface area contributed by atoms with Crippen molar-refractivity contribution < 1.29 is 4.21 Å². The van der Waals surface area contributed by atoms with Gasteiger partial charge in [-0.25, -0.2) is 4.21 Å². The normalized spacial score (nSPS) is 22.4. The maximum absolute atomic E-state index is 10.9. The van der Waals surface area contributed by atoms with Gasteiger partial charge in [0.15, 0.2) is 0 Å². The molecule has 0 radical (unpaired) electrons. The number of nitrogens with zero attached hydrogens (tertiary/aromatic N) is 1. The Labute approximate surface area is 55.3 Å². The highest BCUT2D eigenvalue weighted by Crippen LogP contribution is 2.15. The van der Waals surface area contributed by atoms with E-state index in [0.717, 1.165) is 5.03 Å². The van der Waals surface area contributed by atoms with E-state index in [4.69, 9.17) is 0 Å². The van der Waals surface area contributed by atoms with Gasteiger partial charge in [-0.1, -0.05) is 0 Å². The minimum absolute atomic E-state index is 0.870. The van der Waals surface area contributed by atoms with E-state index in [0.29, 0.717) is 0 Å². The highest BCUT2D eigenvalue weighted by Gasteiger charge is 2.08. The first kappa shape index (κ1) is 4.99. The third-order valence-corrected chi connectivity index (χ3v) is 2.42. The molecule has 0 saturated heterocycles. The van der Waals surface area contributed by atoms with Crippen LogP contribution in [-0.2, 0) is 10.8 Å². The summed E-state index contributed by atoms with van der Waals surface area (Å²) >= 11 is 0. The molecule has 2 rings (SSSR count). The van der Waals surface area contributed by atoms with Gasteiger partial charge in [-0.3, -0.25) is 0 Å². The Hall–Kier alpha value is -0.830. The van der Waals surface area contributed by atoms with Crippen molar-refractivity contribution in [2.75, 3.05) is 0 Å². The molecule has 1 aromatic heterocycles. The van der Waals surface area contributed by atoms with Crippen LogP contribution in [-0.4, -0.2) is 8.78 Å². The minimum Gasteiger partial charge on any atom is -0.316 e. The molecule has 0 N–H and O–H groups in total. The molecule has 1 aromatic rings. The standard InChI is InChI=1S/C6H5NOS/c8-9-5-4-7-3-1-2-6(7)9/h1-5H. The molecule has 0 saturated carbocycles.